The Hall–Kier alpha value is -1.02. The summed E-state index contributed by atoms with van der Waals surface area (Å²) in [6.07, 6.45) is 3.05. The van der Waals surface area contributed by atoms with E-state index < -0.39 is 0 Å². The number of hydrogen-bond acceptors (Lipinski definition) is 1. The van der Waals surface area contributed by atoms with E-state index in [1.165, 1.54) is 12.8 Å². The van der Waals surface area contributed by atoms with Crippen LogP contribution in [0.1, 0.15) is 30.9 Å². The van der Waals surface area contributed by atoms with Gasteiger partial charge in [0.25, 0.3) is 0 Å². The summed E-state index contributed by atoms with van der Waals surface area (Å²) < 4.78 is 0. The molecule has 1 aromatic carbocycles. The molecule has 1 saturated carbocycles. The number of nitrogens with one attached hydrogen (secondary N) is 1. The summed E-state index contributed by atoms with van der Waals surface area (Å²) in [5.41, 5.74) is 1.07. The van der Waals surface area contributed by atoms with E-state index in [9.17, 15) is 4.79 Å². The molecule has 0 aromatic heterocycles. The molecule has 1 fully saturated rings. The van der Waals surface area contributed by atoms with Crippen molar-refractivity contribution in [2.75, 3.05) is 5.88 Å². The van der Waals surface area contributed by atoms with Crippen LogP contribution in [-0.4, -0.2) is 11.8 Å². The third kappa shape index (κ3) is 3.24. The number of halogens is 1. The third-order valence-corrected chi connectivity index (χ3v) is 3.17. The van der Waals surface area contributed by atoms with Crippen LogP contribution in [0, 0.1) is 5.92 Å². The van der Waals surface area contributed by atoms with Crippen molar-refractivity contribution in [2.24, 2.45) is 5.92 Å². The van der Waals surface area contributed by atoms with Crippen molar-refractivity contribution in [3.63, 3.8) is 0 Å². The van der Waals surface area contributed by atoms with E-state index in [2.05, 4.69) is 5.32 Å². The highest BCUT2D eigenvalue weighted by Gasteiger charge is 2.25. The molecule has 0 saturated heterocycles. The van der Waals surface area contributed by atoms with E-state index in [0.29, 0.717) is 18.2 Å². The molecule has 0 aliphatic heterocycles. The topological polar surface area (TPSA) is 29.1 Å². The fourth-order valence-electron chi connectivity index (χ4n) is 1.73. The van der Waals surface area contributed by atoms with Gasteiger partial charge >= 0.3 is 0 Å². The number of hydrogen-bond donors (Lipinski definition) is 1. The number of carbonyl (C=O) groups is 1. The zero-order chi connectivity index (χ0) is 11.4. The van der Waals surface area contributed by atoms with Crippen LogP contribution < -0.4 is 5.32 Å². The van der Waals surface area contributed by atoms with Gasteiger partial charge in [-0.1, -0.05) is 30.3 Å². The first-order chi connectivity index (χ1) is 7.79. The molecule has 1 unspecified atom stereocenters. The molecule has 1 atom stereocenters. The summed E-state index contributed by atoms with van der Waals surface area (Å²) in [6, 6.07) is 9.80. The summed E-state index contributed by atoms with van der Waals surface area (Å²) in [6.45, 7) is 0. The first-order valence-corrected chi connectivity index (χ1v) is 6.23. The molecule has 1 amide bonds. The highest BCUT2D eigenvalue weighted by molar-refractivity contribution is 6.18. The molecule has 16 heavy (non-hydrogen) atoms. The SMILES string of the molecule is O=C(CC1CC1)NC(CCl)c1ccccc1. The van der Waals surface area contributed by atoms with Crippen molar-refractivity contribution in [1.82, 2.24) is 5.32 Å². The van der Waals surface area contributed by atoms with Gasteiger partial charge in [0.15, 0.2) is 0 Å². The summed E-state index contributed by atoms with van der Waals surface area (Å²) >= 11 is 5.88. The number of benzene rings is 1. The zero-order valence-corrected chi connectivity index (χ0v) is 9.91. The lowest BCUT2D eigenvalue weighted by molar-refractivity contribution is -0.122. The Kier molecular flexibility index (Phi) is 3.83. The number of carbonyl (C=O) groups excluding carboxylic acids is 1. The van der Waals surface area contributed by atoms with E-state index >= 15 is 0 Å². The molecule has 3 heteroatoms. The van der Waals surface area contributed by atoms with Gasteiger partial charge in [-0.25, -0.2) is 0 Å². The minimum Gasteiger partial charge on any atom is -0.348 e. The maximum atomic E-state index is 11.7. The Balaban J connectivity index is 1.91. The van der Waals surface area contributed by atoms with Gasteiger partial charge in [0, 0.05) is 12.3 Å². The fourth-order valence-corrected chi connectivity index (χ4v) is 1.99. The van der Waals surface area contributed by atoms with Gasteiger partial charge in [0.1, 0.15) is 0 Å². The van der Waals surface area contributed by atoms with Crippen LogP contribution in [0.4, 0.5) is 0 Å². The largest absolute Gasteiger partial charge is 0.348 e. The second-order valence-corrected chi connectivity index (χ2v) is 4.64. The average Bonchev–Trinajstić information content (AvgIpc) is 3.11. The van der Waals surface area contributed by atoms with Crippen molar-refractivity contribution in [3.05, 3.63) is 35.9 Å². The van der Waals surface area contributed by atoms with Crippen LogP contribution in [0.15, 0.2) is 30.3 Å². The Morgan fingerprint density at radius 2 is 2.06 bits per heavy atom. The van der Waals surface area contributed by atoms with Gasteiger partial charge in [0.05, 0.1) is 6.04 Å². The van der Waals surface area contributed by atoms with Crippen LogP contribution in [0.2, 0.25) is 0 Å². The van der Waals surface area contributed by atoms with E-state index in [0.717, 1.165) is 5.56 Å². The Morgan fingerprint density at radius 3 is 2.62 bits per heavy atom. The maximum absolute atomic E-state index is 11.7. The van der Waals surface area contributed by atoms with Crippen molar-refractivity contribution < 1.29 is 4.79 Å². The lowest BCUT2D eigenvalue weighted by Gasteiger charge is -2.16. The van der Waals surface area contributed by atoms with Gasteiger partial charge in [-0.3, -0.25) is 4.79 Å². The molecule has 1 aliphatic rings. The minimum absolute atomic E-state index is 0.0610. The van der Waals surface area contributed by atoms with Crippen LogP contribution >= 0.6 is 11.6 Å². The third-order valence-electron chi connectivity index (χ3n) is 2.86. The van der Waals surface area contributed by atoms with E-state index in [4.69, 9.17) is 11.6 Å². The van der Waals surface area contributed by atoms with E-state index in [1.807, 2.05) is 30.3 Å². The second kappa shape index (κ2) is 5.35. The average molecular weight is 238 g/mol. The van der Waals surface area contributed by atoms with Gasteiger partial charge in [-0.2, -0.15) is 0 Å². The first kappa shape index (κ1) is 11.5. The van der Waals surface area contributed by atoms with Crippen molar-refractivity contribution in [1.29, 1.82) is 0 Å². The molecule has 0 radical (unpaired) electrons. The molecule has 86 valence electrons. The van der Waals surface area contributed by atoms with Crippen molar-refractivity contribution in [3.8, 4) is 0 Å². The predicted molar refractivity (Wildman–Crippen MR) is 65.4 cm³/mol. The summed E-state index contributed by atoms with van der Waals surface area (Å²) in [4.78, 5) is 11.7. The summed E-state index contributed by atoms with van der Waals surface area (Å²) in [5.74, 6) is 1.16. The summed E-state index contributed by atoms with van der Waals surface area (Å²) in [7, 11) is 0. The number of rotatable bonds is 5. The molecule has 1 N–H and O–H groups in total. The molecule has 2 rings (SSSR count). The summed E-state index contributed by atoms with van der Waals surface area (Å²) in [5, 5.41) is 2.98. The number of alkyl halides is 1. The van der Waals surface area contributed by atoms with Gasteiger partial charge in [-0.15, -0.1) is 11.6 Å². The molecule has 0 spiro atoms. The lowest BCUT2D eigenvalue weighted by atomic mass is 10.1. The van der Waals surface area contributed by atoms with Crippen LogP contribution in [-0.2, 0) is 4.79 Å². The Labute approximate surface area is 101 Å². The van der Waals surface area contributed by atoms with Gasteiger partial charge in [0.2, 0.25) is 5.91 Å². The fraction of sp³-hybridized carbons (Fsp3) is 0.462. The molecular weight excluding hydrogens is 222 g/mol. The normalized spacial score (nSPS) is 16.8. The highest BCUT2D eigenvalue weighted by Crippen LogP contribution is 2.32. The zero-order valence-electron chi connectivity index (χ0n) is 9.16. The monoisotopic (exact) mass is 237 g/mol. The highest BCUT2D eigenvalue weighted by atomic mass is 35.5. The van der Waals surface area contributed by atoms with Crippen molar-refractivity contribution in [2.45, 2.75) is 25.3 Å². The van der Waals surface area contributed by atoms with E-state index in [-0.39, 0.29) is 11.9 Å². The van der Waals surface area contributed by atoms with Crippen LogP contribution in [0.3, 0.4) is 0 Å². The number of amides is 1. The molecule has 0 bridgehead atoms. The quantitative estimate of drug-likeness (QED) is 0.784. The molecule has 0 heterocycles. The predicted octanol–water partition coefficient (Wildman–Crippen LogP) is 2.88. The van der Waals surface area contributed by atoms with Crippen LogP contribution in [0.5, 0.6) is 0 Å². The molecule has 1 aromatic rings. The molecule has 2 nitrogen and oxygen atoms in total. The lowest BCUT2D eigenvalue weighted by Crippen LogP contribution is -2.29. The molecule has 1 aliphatic carbocycles. The first-order valence-electron chi connectivity index (χ1n) is 5.70. The Bertz CT molecular complexity index is 348. The van der Waals surface area contributed by atoms with E-state index in [1.54, 1.807) is 0 Å². The smallest absolute Gasteiger partial charge is 0.220 e. The maximum Gasteiger partial charge on any atom is 0.220 e. The van der Waals surface area contributed by atoms with Gasteiger partial charge in [-0.05, 0) is 24.3 Å². The molecular formula is C13H16ClNO. The van der Waals surface area contributed by atoms with Crippen LogP contribution in [0.25, 0.3) is 0 Å². The standard InChI is InChI=1S/C13H16ClNO/c14-9-12(11-4-2-1-3-5-11)15-13(16)8-10-6-7-10/h1-5,10,12H,6-9H2,(H,15,16). The Morgan fingerprint density at radius 1 is 1.38 bits per heavy atom. The van der Waals surface area contributed by atoms with Crippen molar-refractivity contribution >= 4 is 17.5 Å². The second-order valence-electron chi connectivity index (χ2n) is 4.33. The minimum atomic E-state index is -0.0610. The van der Waals surface area contributed by atoms with Gasteiger partial charge < -0.3 is 5.32 Å².